The molecule has 1 N–H and O–H groups in total. The molecular formula is C34H36FNO4. The maximum Gasteiger partial charge on any atom is 0.307 e. The van der Waals surface area contributed by atoms with E-state index in [1.165, 1.54) is 24.3 Å². The molecule has 4 rings (SSSR count). The van der Waals surface area contributed by atoms with E-state index < -0.39 is 5.97 Å². The number of rotatable bonds is 14. The number of methoxy groups -OCH3 is 1. The van der Waals surface area contributed by atoms with E-state index in [0.717, 1.165) is 0 Å². The van der Waals surface area contributed by atoms with Gasteiger partial charge in [-0.2, -0.15) is 0 Å². The number of hydrogen-bond acceptors (Lipinski definition) is 4. The van der Waals surface area contributed by atoms with E-state index >= 15 is 4.39 Å². The molecule has 0 bridgehead atoms. The maximum atomic E-state index is 15.0. The molecule has 0 saturated carbocycles. The molecule has 0 aliphatic rings. The number of benzene rings is 4. The lowest BCUT2D eigenvalue weighted by molar-refractivity contribution is -0.136. The third-order valence-electron chi connectivity index (χ3n) is 6.86. The number of hydrogen-bond donors (Lipinski definition) is 1. The second-order valence-corrected chi connectivity index (χ2v) is 10.2. The molecule has 0 unspecified atom stereocenters. The molecule has 40 heavy (non-hydrogen) atoms. The van der Waals surface area contributed by atoms with E-state index in [4.69, 9.17) is 14.6 Å². The van der Waals surface area contributed by atoms with Crippen molar-refractivity contribution in [3.8, 4) is 11.5 Å². The van der Waals surface area contributed by atoms with Gasteiger partial charge in [-0.15, -0.1) is 0 Å². The number of carbonyl (C=O) groups is 1. The molecule has 0 heterocycles. The molecule has 6 heteroatoms. The highest BCUT2D eigenvalue weighted by Gasteiger charge is 2.21. The maximum absolute atomic E-state index is 15.0. The number of ether oxygens (including phenoxy) is 2. The van der Waals surface area contributed by atoms with Gasteiger partial charge >= 0.3 is 5.97 Å². The van der Waals surface area contributed by atoms with Crippen molar-refractivity contribution in [2.75, 3.05) is 26.8 Å². The monoisotopic (exact) mass is 541 g/mol. The minimum absolute atomic E-state index is 0.0473. The standard InChI is InChI=1S/C34H36FNO4/c1-25(24-40-31-15-9-10-26(18-31)19-34(37)38)21-36(22-29-16-17-30(39-2)20-33(29)35)23-32(27-11-5-3-6-12-27)28-13-7-4-8-14-28/h3-18,20,25,32H,19,21-24H2,1-2H3,(H,37,38)/t25-/m1/s1. The Morgan fingerprint density at radius 2 is 1.52 bits per heavy atom. The summed E-state index contributed by atoms with van der Waals surface area (Å²) >= 11 is 0. The molecule has 5 nitrogen and oxygen atoms in total. The van der Waals surface area contributed by atoms with Crippen LogP contribution in [0.1, 0.15) is 35.1 Å². The first-order valence-electron chi connectivity index (χ1n) is 13.5. The zero-order valence-electron chi connectivity index (χ0n) is 23.0. The quantitative estimate of drug-likeness (QED) is 0.190. The lowest BCUT2D eigenvalue weighted by atomic mass is 9.90. The van der Waals surface area contributed by atoms with Crippen LogP contribution < -0.4 is 9.47 Å². The summed E-state index contributed by atoms with van der Waals surface area (Å²) in [7, 11) is 1.53. The normalized spacial score (nSPS) is 11.9. The molecule has 0 aromatic heterocycles. The molecule has 0 aliphatic carbocycles. The lowest BCUT2D eigenvalue weighted by Gasteiger charge is -2.31. The van der Waals surface area contributed by atoms with Gasteiger partial charge in [-0.1, -0.05) is 85.8 Å². The van der Waals surface area contributed by atoms with E-state index in [2.05, 4.69) is 36.1 Å². The lowest BCUT2D eigenvalue weighted by Crippen LogP contribution is -2.34. The Morgan fingerprint density at radius 3 is 2.12 bits per heavy atom. The van der Waals surface area contributed by atoms with Crippen molar-refractivity contribution in [2.45, 2.75) is 25.8 Å². The zero-order chi connectivity index (χ0) is 28.3. The van der Waals surface area contributed by atoms with Gasteiger partial charge in [-0.25, -0.2) is 4.39 Å². The van der Waals surface area contributed by atoms with Crippen LogP contribution in [0, 0.1) is 11.7 Å². The Labute approximate surface area is 235 Å². The molecule has 0 aliphatic heterocycles. The van der Waals surface area contributed by atoms with Crippen LogP contribution >= 0.6 is 0 Å². The summed E-state index contributed by atoms with van der Waals surface area (Å²) in [6.45, 7) is 4.36. The fraction of sp³-hybridized carbons (Fsp3) is 0.265. The Kier molecular flexibility index (Phi) is 10.3. The molecule has 208 valence electrons. The summed E-state index contributed by atoms with van der Waals surface area (Å²) < 4.78 is 26.3. The predicted octanol–water partition coefficient (Wildman–Crippen LogP) is 6.81. The van der Waals surface area contributed by atoms with Crippen molar-refractivity contribution in [3.05, 3.63) is 131 Å². The van der Waals surface area contributed by atoms with Crippen molar-refractivity contribution in [1.29, 1.82) is 0 Å². The van der Waals surface area contributed by atoms with E-state index in [9.17, 15) is 4.79 Å². The molecule has 0 fully saturated rings. The Morgan fingerprint density at radius 1 is 0.850 bits per heavy atom. The highest BCUT2D eigenvalue weighted by molar-refractivity contribution is 5.70. The van der Waals surface area contributed by atoms with Crippen LogP contribution in [0.2, 0.25) is 0 Å². The number of carboxylic acid groups (broad SMARTS) is 1. The first-order valence-corrected chi connectivity index (χ1v) is 13.5. The average Bonchev–Trinajstić information content (AvgIpc) is 2.96. The molecule has 0 amide bonds. The molecule has 0 saturated heterocycles. The van der Waals surface area contributed by atoms with Crippen LogP contribution in [0.5, 0.6) is 11.5 Å². The highest BCUT2D eigenvalue weighted by atomic mass is 19.1. The summed E-state index contributed by atoms with van der Waals surface area (Å²) in [6.07, 6.45) is -0.0473. The van der Waals surface area contributed by atoms with Gasteiger partial charge in [0.15, 0.2) is 0 Å². The number of halogens is 1. The Bertz CT molecular complexity index is 1320. The summed E-state index contributed by atoms with van der Waals surface area (Å²) in [5.41, 5.74) is 3.71. The third-order valence-corrected chi connectivity index (χ3v) is 6.86. The minimum Gasteiger partial charge on any atom is -0.497 e. The van der Waals surface area contributed by atoms with Crippen LogP contribution in [0.25, 0.3) is 0 Å². The molecule has 1 atom stereocenters. The van der Waals surface area contributed by atoms with Crippen molar-refractivity contribution in [2.24, 2.45) is 5.92 Å². The topological polar surface area (TPSA) is 59.0 Å². The average molecular weight is 542 g/mol. The number of nitrogens with zero attached hydrogens (tertiary/aromatic N) is 1. The van der Waals surface area contributed by atoms with Crippen molar-refractivity contribution in [3.63, 3.8) is 0 Å². The summed E-state index contributed by atoms with van der Waals surface area (Å²) in [6, 6.07) is 33.0. The van der Waals surface area contributed by atoms with Crippen LogP contribution in [-0.4, -0.2) is 42.8 Å². The fourth-order valence-corrected chi connectivity index (χ4v) is 4.91. The van der Waals surface area contributed by atoms with E-state index in [0.29, 0.717) is 48.9 Å². The van der Waals surface area contributed by atoms with Crippen LogP contribution in [-0.2, 0) is 17.8 Å². The molecule has 4 aromatic carbocycles. The Balaban J connectivity index is 1.54. The Hall–Kier alpha value is -4.16. The number of aliphatic carboxylic acids is 1. The largest absolute Gasteiger partial charge is 0.497 e. The highest BCUT2D eigenvalue weighted by Crippen LogP contribution is 2.28. The third kappa shape index (κ3) is 8.42. The first kappa shape index (κ1) is 28.8. The van der Waals surface area contributed by atoms with Crippen molar-refractivity contribution in [1.82, 2.24) is 4.90 Å². The van der Waals surface area contributed by atoms with Gasteiger partial charge in [-0.05, 0) is 34.9 Å². The minimum atomic E-state index is -0.877. The van der Waals surface area contributed by atoms with Gasteiger partial charge in [-0.3, -0.25) is 9.69 Å². The van der Waals surface area contributed by atoms with Gasteiger partial charge in [0, 0.05) is 43.1 Å². The van der Waals surface area contributed by atoms with Gasteiger partial charge in [0.05, 0.1) is 20.1 Å². The van der Waals surface area contributed by atoms with Crippen molar-refractivity contribution >= 4 is 5.97 Å². The second-order valence-electron chi connectivity index (χ2n) is 10.2. The van der Waals surface area contributed by atoms with Gasteiger partial charge in [0.25, 0.3) is 0 Å². The van der Waals surface area contributed by atoms with Crippen LogP contribution in [0.3, 0.4) is 0 Å². The summed E-state index contributed by atoms with van der Waals surface area (Å²) in [4.78, 5) is 13.4. The van der Waals surface area contributed by atoms with Crippen LogP contribution in [0.15, 0.2) is 103 Å². The SMILES string of the molecule is COc1ccc(CN(CC(c2ccccc2)c2ccccc2)C[C@@H](C)COc2cccc(CC(=O)O)c2)c(F)c1. The summed E-state index contributed by atoms with van der Waals surface area (Å²) in [5, 5.41) is 9.10. The van der Waals surface area contributed by atoms with Gasteiger partial charge in [0.1, 0.15) is 17.3 Å². The smallest absolute Gasteiger partial charge is 0.307 e. The fourth-order valence-electron chi connectivity index (χ4n) is 4.91. The molecule has 4 aromatic rings. The molecule has 0 spiro atoms. The second kappa shape index (κ2) is 14.3. The van der Waals surface area contributed by atoms with Crippen LogP contribution in [0.4, 0.5) is 4.39 Å². The van der Waals surface area contributed by atoms with E-state index in [-0.39, 0.29) is 24.1 Å². The predicted molar refractivity (Wildman–Crippen MR) is 155 cm³/mol. The van der Waals surface area contributed by atoms with E-state index in [1.807, 2.05) is 42.5 Å². The van der Waals surface area contributed by atoms with Crippen molar-refractivity contribution < 1.29 is 23.8 Å². The molecular weight excluding hydrogens is 505 g/mol. The first-order chi connectivity index (χ1) is 19.4. The number of carboxylic acids is 1. The van der Waals surface area contributed by atoms with Gasteiger partial charge in [0.2, 0.25) is 0 Å². The zero-order valence-corrected chi connectivity index (χ0v) is 23.0. The summed E-state index contributed by atoms with van der Waals surface area (Å²) in [5.74, 6) is 0.190. The molecule has 0 radical (unpaired) electrons. The van der Waals surface area contributed by atoms with Gasteiger partial charge < -0.3 is 14.6 Å². The van der Waals surface area contributed by atoms with E-state index in [1.54, 1.807) is 30.3 Å².